The van der Waals surface area contributed by atoms with E-state index < -0.39 is 0 Å². The Balaban J connectivity index is 2.06. The summed E-state index contributed by atoms with van der Waals surface area (Å²) >= 11 is 0. The van der Waals surface area contributed by atoms with E-state index in [0.717, 1.165) is 6.54 Å². The highest BCUT2D eigenvalue weighted by molar-refractivity contribution is 5.48. The monoisotopic (exact) mass is 218 g/mol. The maximum absolute atomic E-state index is 5.67. The molecule has 1 aliphatic heterocycles. The second kappa shape index (κ2) is 5.35. The van der Waals surface area contributed by atoms with Gasteiger partial charge in [-0.2, -0.15) is 0 Å². The molecule has 0 aliphatic carbocycles. The van der Waals surface area contributed by atoms with Crippen LogP contribution >= 0.6 is 0 Å². The number of anilines is 1. The average Bonchev–Trinajstić information content (AvgIpc) is 2.39. The van der Waals surface area contributed by atoms with Gasteiger partial charge in [-0.05, 0) is 49.4 Å². The minimum atomic E-state index is 0.468. The summed E-state index contributed by atoms with van der Waals surface area (Å²) < 4.78 is 0. The quantitative estimate of drug-likeness (QED) is 0.845. The third-order valence-corrected chi connectivity index (χ3v) is 3.54. The Morgan fingerprint density at radius 2 is 1.75 bits per heavy atom. The second-order valence-electron chi connectivity index (χ2n) is 4.78. The Bertz CT molecular complexity index is 312. The van der Waals surface area contributed by atoms with Crippen LogP contribution in [0.15, 0.2) is 24.3 Å². The van der Waals surface area contributed by atoms with Crippen LogP contribution in [0.5, 0.6) is 0 Å². The van der Waals surface area contributed by atoms with Crippen molar-refractivity contribution in [2.24, 2.45) is 5.73 Å². The van der Waals surface area contributed by atoms with Gasteiger partial charge in [0, 0.05) is 18.8 Å². The van der Waals surface area contributed by atoms with E-state index in [-0.39, 0.29) is 0 Å². The Labute approximate surface area is 98.4 Å². The molecule has 0 bridgehead atoms. The summed E-state index contributed by atoms with van der Waals surface area (Å²) in [5, 5.41) is 0. The van der Waals surface area contributed by atoms with Gasteiger partial charge in [0.05, 0.1) is 0 Å². The molecule has 2 N–H and O–H groups in total. The normalized spacial score (nSPS) is 18.5. The molecule has 1 fully saturated rings. The molecule has 1 atom stereocenters. The van der Waals surface area contributed by atoms with E-state index in [4.69, 9.17) is 5.73 Å². The molecule has 1 heterocycles. The number of hydrogen-bond donors (Lipinski definition) is 1. The molecule has 0 amide bonds. The van der Waals surface area contributed by atoms with Crippen LogP contribution in [-0.2, 0) is 0 Å². The summed E-state index contributed by atoms with van der Waals surface area (Å²) in [6.07, 6.45) is 4.06. The van der Waals surface area contributed by atoms with E-state index in [2.05, 4.69) is 36.1 Å². The predicted molar refractivity (Wildman–Crippen MR) is 70.0 cm³/mol. The number of piperidine rings is 1. The fourth-order valence-corrected chi connectivity index (χ4v) is 2.30. The molecule has 0 unspecified atom stereocenters. The van der Waals surface area contributed by atoms with Crippen molar-refractivity contribution in [1.82, 2.24) is 0 Å². The SMILES string of the molecule is C[C@H](CN)c1ccc(N2CCCCC2)cc1. The largest absolute Gasteiger partial charge is 0.372 e. The van der Waals surface area contributed by atoms with Crippen molar-refractivity contribution < 1.29 is 0 Å². The maximum atomic E-state index is 5.67. The zero-order valence-corrected chi connectivity index (χ0v) is 10.2. The molecule has 0 saturated carbocycles. The summed E-state index contributed by atoms with van der Waals surface area (Å²) in [6, 6.07) is 8.93. The molecule has 1 aromatic carbocycles. The highest BCUT2D eigenvalue weighted by Gasteiger charge is 2.11. The molecule has 0 spiro atoms. The maximum Gasteiger partial charge on any atom is 0.0366 e. The molecule has 1 aliphatic rings. The topological polar surface area (TPSA) is 29.3 Å². The smallest absolute Gasteiger partial charge is 0.0366 e. The van der Waals surface area contributed by atoms with E-state index in [1.165, 1.54) is 43.6 Å². The summed E-state index contributed by atoms with van der Waals surface area (Å²) in [7, 11) is 0. The van der Waals surface area contributed by atoms with Crippen LogP contribution in [0.3, 0.4) is 0 Å². The average molecular weight is 218 g/mol. The number of benzene rings is 1. The lowest BCUT2D eigenvalue weighted by molar-refractivity contribution is 0.578. The van der Waals surface area contributed by atoms with Crippen molar-refractivity contribution in [1.29, 1.82) is 0 Å². The molecule has 88 valence electrons. The van der Waals surface area contributed by atoms with Gasteiger partial charge in [-0.3, -0.25) is 0 Å². The third-order valence-electron chi connectivity index (χ3n) is 3.54. The summed E-state index contributed by atoms with van der Waals surface area (Å²) in [6.45, 7) is 5.33. The highest BCUT2D eigenvalue weighted by Crippen LogP contribution is 2.22. The fourth-order valence-electron chi connectivity index (χ4n) is 2.30. The molecule has 1 aromatic rings. The van der Waals surface area contributed by atoms with Gasteiger partial charge < -0.3 is 10.6 Å². The van der Waals surface area contributed by atoms with Crippen LogP contribution in [0.2, 0.25) is 0 Å². The molecular weight excluding hydrogens is 196 g/mol. The van der Waals surface area contributed by atoms with Crippen molar-refractivity contribution in [2.45, 2.75) is 32.1 Å². The van der Waals surface area contributed by atoms with Crippen LogP contribution in [0.4, 0.5) is 5.69 Å². The zero-order chi connectivity index (χ0) is 11.4. The molecule has 2 heteroatoms. The summed E-state index contributed by atoms with van der Waals surface area (Å²) in [4.78, 5) is 2.49. The van der Waals surface area contributed by atoms with E-state index in [0.29, 0.717) is 5.92 Å². The molecule has 1 saturated heterocycles. The number of nitrogens with zero attached hydrogens (tertiary/aromatic N) is 1. The van der Waals surface area contributed by atoms with Crippen molar-refractivity contribution in [3.63, 3.8) is 0 Å². The molecule has 2 nitrogen and oxygen atoms in total. The third kappa shape index (κ3) is 2.56. The van der Waals surface area contributed by atoms with Crippen LogP contribution in [0.1, 0.15) is 37.7 Å². The van der Waals surface area contributed by atoms with Gasteiger partial charge in [0.2, 0.25) is 0 Å². The van der Waals surface area contributed by atoms with Crippen LogP contribution in [0, 0.1) is 0 Å². The lowest BCUT2D eigenvalue weighted by Gasteiger charge is -2.29. The molecule has 16 heavy (non-hydrogen) atoms. The van der Waals surface area contributed by atoms with Crippen molar-refractivity contribution in [2.75, 3.05) is 24.5 Å². The predicted octanol–water partition coefficient (Wildman–Crippen LogP) is 2.74. The van der Waals surface area contributed by atoms with Gasteiger partial charge in [-0.25, -0.2) is 0 Å². The lowest BCUT2D eigenvalue weighted by atomic mass is 10.0. The van der Waals surface area contributed by atoms with Crippen LogP contribution < -0.4 is 10.6 Å². The minimum Gasteiger partial charge on any atom is -0.372 e. The summed E-state index contributed by atoms with van der Waals surface area (Å²) in [5.41, 5.74) is 8.39. The van der Waals surface area contributed by atoms with Crippen LogP contribution in [0.25, 0.3) is 0 Å². The second-order valence-corrected chi connectivity index (χ2v) is 4.78. The number of rotatable bonds is 3. The van der Waals surface area contributed by atoms with Crippen molar-refractivity contribution in [3.05, 3.63) is 29.8 Å². The molecular formula is C14H22N2. The Morgan fingerprint density at radius 1 is 1.12 bits per heavy atom. The van der Waals surface area contributed by atoms with Gasteiger partial charge in [0.15, 0.2) is 0 Å². The van der Waals surface area contributed by atoms with E-state index in [1.807, 2.05) is 0 Å². The van der Waals surface area contributed by atoms with Gasteiger partial charge in [0.25, 0.3) is 0 Å². The lowest BCUT2D eigenvalue weighted by Crippen LogP contribution is -2.29. The van der Waals surface area contributed by atoms with Crippen LogP contribution in [-0.4, -0.2) is 19.6 Å². The number of nitrogens with two attached hydrogens (primary N) is 1. The van der Waals surface area contributed by atoms with E-state index in [1.54, 1.807) is 0 Å². The van der Waals surface area contributed by atoms with Gasteiger partial charge in [0.1, 0.15) is 0 Å². The molecule has 2 rings (SSSR count). The Kier molecular flexibility index (Phi) is 3.83. The molecule has 0 aromatic heterocycles. The first-order valence-corrected chi connectivity index (χ1v) is 6.36. The van der Waals surface area contributed by atoms with Crippen molar-refractivity contribution in [3.8, 4) is 0 Å². The zero-order valence-electron chi connectivity index (χ0n) is 10.2. The first-order chi connectivity index (χ1) is 7.81. The minimum absolute atomic E-state index is 0.468. The van der Waals surface area contributed by atoms with E-state index in [9.17, 15) is 0 Å². The summed E-state index contributed by atoms with van der Waals surface area (Å²) in [5.74, 6) is 0.468. The fraction of sp³-hybridized carbons (Fsp3) is 0.571. The van der Waals surface area contributed by atoms with Crippen molar-refractivity contribution >= 4 is 5.69 Å². The Hall–Kier alpha value is -1.02. The van der Waals surface area contributed by atoms with Gasteiger partial charge in [-0.15, -0.1) is 0 Å². The van der Waals surface area contributed by atoms with Gasteiger partial charge in [-0.1, -0.05) is 19.1 Å². The first-order valence-electron chi connectivity index (χ1n) is 6.36. The first kappa shape index (κ1) is 11.5. The standard InChI is InChI=1S/C14H22N2/c1-12(11-15)13-5-7-14(8-6-13)16-9-3-2-4-10-16/h5-8,12H,2-4,9-11,15H2,1H3/t12-/m1/s1. The van der Waals surface area contributed by atoms with Gasteiger partial charge >= 0.3 is 0 Å². The number of hydrogen-bond acceptors (Lipinski definition) is 2. The highest BCUT2D eigenvalue weighted by atomic mass is 15.1. The Morgan fingerprint density at radius 3 is 2.31 bits per heavy atom. The molecule has 0 radical (unpaired) electrons. The van der Waals surface area contributed by atoms with E-state index >= 15 is 0 Å².